The van der Waals surface area contributed by atoms with Crippen molar-refractivity contribution < 1.29 is 14.7 Å². The molecular formula is C14H16N4O3. The minimum Gasteiger partial charge on any atom is -0.481 e. The van der Waals surface area contributed by atoms with Crippen LogP contribution in [0.3, 0.4) is 0 Å². The Balaban J connectivity index is 2.03. The number of H-pyrrole nitrogens is 1. The fourth-order valence-corrected chi connectivity index (χ4v) is 1.88. The number of aliphatic carboxylic acids is 1. The molecule has 7 heteroatoms. The summed E-state index contributed by atoms with van der Waals surface area (Å²) in [6.07, 6.45) is 3.21. The zero-order valence-corrected chi connectivity index (χ0v) is 11.5. The summed E-state index contributed by atoms with van der Waals surface area (Å²) in [5.74, 6) is -0.941. The summed E-state index contributed by atoms with van der Waals surface area (Å²) in [4.78, 5) is 24.4. The number of benzene rings is 1. The number of amides is 2. The topological polar surface area (TPSA) is 98.3 Å². The normalized spacial score (nSPS) is 10.1. The van der Waals surface area contributed by atoms with Gasteiger partial charge in [0.15, 0.2) is 0 Å². The van der Waals surface area contributed by atoms with Crippen LogP contribution in [0.4, 0.5) is 10.5 Å². The molecule has 1 aromatic heterocycles. The van der Waals surface area contributed by atoms with E-state index in [1.165, 1.54) is 4.90 Å². The van der Waals surface area contributed by atoms with Crippen molar-refractivity contribution in [3.05, 3.63) is 47.8 Å². The van der Waals surface area contributed by atoms with Crippen molar-refractivity contribution in [2.24, 2.45) is 0 Å². The largest absolute Gasteiger partial charge is 0.481 e. The van der Waals surface area contributed by atoms with E-state index < -0.39 is 5.97 Å². The van der Waals surface area contributed by atoms with E-state index in [2.05, 4.69) is 15.5 Å². The van der Waals surface area contributed by atoms with Crippen LogP contribution in [0.15, 0.2) is 36.7 Å². The molecule has 0 bridgehead atoms. The first-order valence-corrected chi connectivity index (χ1v) is 6.35. The zero-order chi connectivity index (χ0) is 15.2. The molecule has 0 aliphatic rings. The summed E-state index contributed by atoms with van der Waals surface area (Å²) < 4.78 is 0. The second kappa shape index (κ2) is 6.56. The van der Waals surface area contributed by atoms with Crippen molar-refractivity contribution in [1.29, 1.82) is 0 Å². The van der Waals surface area contributed by atoms with E-state index >= 15 is 0 Å². The van der Waals surface area contributed by atoms with Gasteiger partial charge in [-0.15, -0.1) is 0 Å². The molecular weight excluding hydrogens is 272 g/mol. The predicted octanol–water partition coefficient (Wildman–Crippen LogP) is 1.70. The number of para-hydroxylation sites is 1. The fourth-order valence-electron chi connectivity index (χ4n) is 1.88. The van der Waals surface area contributed by atoms with Gasteiger partial charge in [0.05, 0.1) is 19.2 Å². The Morgan fingerprint density at radius 3 is 2.81 bits per heavy atom. The number of carbonyl (C=O) groups is 2. The van der Waals surface area contributed by atoms with Gasteiger partial charge in [-0.1, -0.05) is 18.2 Å². The zero-order valence-electron chi connectivity index (χ0n) is 11.5. The van der Waals surface area contributed by atoms with Crippen molar-refractivity contribution in [3.63, 3.8) is 0 Å². The van der Waals surface area contributed by atoms with E-state index in [0.717, 1.165) is 5.56 Å². The highest BCUT2D eigenvalue weighted by molar-refractivity contribution is 5.90. The van der Waals surface area contributed by atoms with Gasteiger partial charge in [-0.3, -0.25) is 9.89 Å². The first kappa shape index (κ1) is 14.6. The van der Waals surface area contributed by atoms with Crippen LogP contribution in [0.1, 0.15) is 11.1 Å². The molecule has 0 spiro atoms. The summed E-state index contributed by atoms with van der Waals surface area (Å²) in [5, 5.41) is 18.1. The SMILES string of the molecule is CN(Cc1cn[nH]c1)C(=O)Nc1ccccc1CC(=O)O. The van der Waals surface area contributed by atoms with Gasteiger partial charge >= 0.3 is 12.0 Å². The van der Waals surface area contributed by atoms with Gasteiger partial charge in [-0.2, -0.15) is 5.10 Å². The number of carboxylic acid groups (broad SMARTS) is 1. The molecule has 2 aromatic rings. The van der Waals surface area contributed by atoms with E-state index in [-0.39, 0.29) is 12.5 Å². The maximum atomic E-state index is 12.1. The Hall–Kier alpha value is -2.83. The van der Waals surface area contributed by atoms with E-state index in [4.69, 9.17) is 5.11 Å². The lowest BCUT2D eigenvalue weighted by molar-refractivity contribution is -0.136. The van der Waals surface area contributed by atoms with Gasteiger partial charge in [-0.25, -0.2) is 4.79 Å². The molecule has 0 saturated carbocycles. The molecule has 0 aliphatic carbocycles. The number of aromatic nitrogens is 2. The summed E-state index contributed by atoms with van der Waals surface area (Å²) in [6.45, 7) is 0.406. The number of rotatable bonds is 5. The van der Waals surface area contributed by atoms with Gasteiger partial charge in [0.2, 0.25) is 0 Å². The molecule has 0 unspecified atom stereocenters. The van der Waals surface area contributed by atoms with Crippen molar-refractivity contribution in [3.8, 4) is 0 Å². The molecule has 7 nitrogen and oxygen atoms in total. The highest BCUT2D eigenvalue weighted by Gasteiger charge is 2.13. The summed E-state index contributed by atoms with van der Waals surface area (Å²) in [5.41, 5.74) is 1.95. The van der Waals surface area contributed by atoms with Crippen LogP contribution in [0, 0.1) is 0 Å². The van der Waals surface area contributed by atoms with Crippen LogP contribution in [0.25, 0.3) is 0 Å². The Kier molecular flexibility index (Phi) is 4.55. The van der Waals surface area contributed by atoms with Gasteiger partial charge < -0.3 is 15.3 Å². The molecule has 1 heterocycles. The first-order valence-electron chi connectivity index (χ1n) is 6.35. The number of anilines is 1. The lowest BCUT2D eigenvalue weighted by Crippen LogP contribution is -2.31. The van der Waals surface area contributed by atoms with E-state index in [1.807, 2.05) is 0 Å². The second-order valence-corrected chi connectivity index (χ2v) is 4.62. The standard InChI is InChI=1S/C14H16N4O3/c1-18(9-10-7-15-16-8-10)14(21)17-12-5-3-2-4-11(12)6-13(19)20/h2-5,7-8H,6,9H2,1H3,(H,15,16)(H,17,21)(H,19,20). The number of aromatic amines is 1. The van der Waals surface area contributed by atoms with E-state index in [0.29, 0.717) is 17.8 Å². The first-order chi connectivity index (χ1) is 10.1. The maximum absolute atomic E-state index is 12.1. The van der Waals surface area contributed by atoms with Crippen molar-refractivity contribution in [2.75, 3.05) is 12.4 Å². The number of carbonyl (C=O) groups excluding carboxylic acids is 1. The van der Waals surface area contributed by atoms with Gasteiger partial charge in [0.1, 0.15) is 0 Å². The number of nitrogens with one attached hydrogen (secondary N) is 2. The lowest BCUT2D eigenvalue weighted by atomic mass is 10.1. The Morgan fingerprint density at radius 1 is 1.38 bits per heavy atom. The molecule has 3 N–H and O–H groups in total. The average Bonchev–Trinajstić information content (AvgIpc) is 2.93. The van der Waals surface area contributed by atoms with Crippen molar-refractivity contribution in [2.45, 2.75) is 13.0 Å². The third-order valence-corrected chi connectivity index (χ3v) is 2.92. The molecule has 0 fully saturated rings. The molecule has 110 valence electrons. The Bertz CT molecular complexity index is 625. The summed E-state index contributed by atoms with van der Waals surface area (Å²) >= 11 is 0. The van der Waals surface area contributed by atoms with Gasteiger partial charge in [0.25, 0.3) is 0 Å². The van der Waals surface area contributed by atoms with Crippen LogP contribution < -0.4 is 5.32 Å². The summed E-state index contributed by atoms with van der Waals surface area (Å²) in [7, 11) is 1.65. The third kappa shape index (κ3) is 4.07. The van der Waals surface area contributed by atoms with E-state index in [9.17, 15) is 9.59 Å². The molecule has 2 rings (SSSR count). The maximum Gasteiger partial charge on any atom is 0.321 e. The average molecular weight is 288 g/mol. The number of hydrogen-bond acceptors (Lipinski definition) is 3. The van der Waals surface area contributed by atoms with Gasteiger partial charge in [0, 0.05) is 24.5 Å². The lowest BCUT2D eigenvalue weighted by Gasteiger charge is -2.18. The third-order valence-electron chi connectivity index (χ3n) is 2.92. The quantitative estimate of drug-likeness (QED) is 0.779. The molecule has 1 aromatic carbocycles. The smallest absolute Gasteiger partial charge is 0.321 e. The van der Waals surface area contributed by atoms with Crippen LogP contribution >= 0.6 is 0 Å². The molecule has 0 saturated heterocycles. The van der Waals surface area contributed by atoms with Crippen molar-refractivity contribution in [1.82, 2.24) is 15.1 Å². The fraction of sp³-hybridized carbons (Fsp3) is 0.214. The number of hydrogen-bond donors (Lipinski definition) is 3. The molecule has 2 amide bonds. The second-order valence-electron chi connectivity index (χ2n) is 4.62. The van der Waals surface area contributed by atoms with Gasteiger partial charge in [-0.05, 0) is 11.6 Å². The number of urea groups is 1. The van der Waals surface area contributed by atoms with Crippen molar-refractivity contribution >= 4 is 17.7 Å². The van der Waals surface area contributed by atoms with E-state index in [1.54, 1.807) is 43.7 Å². The highest BCUT2D eigenvalue weighted by Crippen LogP contribution is 2.16. The Labute approximate surface area is 121 Å². The molecule has 0 aliphatic heterocycles. The minimum absolute atomic E-state index is 0.137. The molecule has 0 atom stereocenters. The van der Waals surface area contributed by atoms with Crippen LogP contribution in [-0.4, -0.2) is 39.3 Å². The summed E-state index contributed by atoms with van der Waals surface area (Å²) in [6, 6.07) is 6.54. The van der Waals surface area contributed by atoms with Crippen LogP contribution in [-0.2, 0) is 17.8 Å². The number of nitrogens with zero attached hydrogens (tertiary/aromatic N) is 2. The molecule has 21 heavy (non-hydrogen) atoms. The number of carboxylic acids is 1. The van der Waals surface area contributed by atoms with Crippen LogP contribution in [0.5, 0.6) is 0 Å². The van der Waals surface area contributed by atoms with Crippen LogP contribution in [0.2, 0.25) is 0 Å². The Morgan fingerprint density at radius 2 is 2.14 bits per heavy atom. The minimum atomic E-state index is -0.941. The monoisotopic (exact) mass is 288 g/mol. The highest BCUT2D eigenvalue weighted by atomic mass is 16.4. The predicted molar refractivity (Wildman–Crippen MR) is 76.9 cm³/mol. The molecule has 0 radical (unpaired) electrons.